The molecule has 132 valence electrons. The van der Waals surface area contributed by atoms with Crippen LogP contribution < -0.4 is 5.32 Å². The molecule has 0 spiro atoms. The Morgan fingerprint density at radius 3 is 2.84 bits per heavy atom. The van der Waals surface area contributed by atoms with Crippen LogP contribution in [0.5, 0.6) is 0 Å². The Bertz CT molecular complexity index is 686. The SMILES string of the molecule is O=C(NCCSc1cn[nH]n1)C1CCN(C(=O)c2ccccn2)CC1. The van der Waals surface area contributed by atoms with Crippen molar-refractivity contribution in [2.45, 2.75) is 17.9 Å². The Hall–Kier alpha value is -2.42. The maximum absolute atomic E-state index is 12.3. The molecule has 0 aromatic carbocycles. The minimum absolute atomic E-state index is 0.0372. The zero-order valence-corrected chi connectivity index (χ0v) is 14.5. The van der Waals surface area contributed by atoms with E-state index in [-0.39, 0.29) is 17.7 Å². The van der Waals surface area contributed by atoms with Gasteiger partial charge in [0.2, 0.25) is 5.91 Å². The highest BCUT2D eigenvalue weighted by Gasteiger charge is 2.27. The number of pyridine rings is 1. The topological polar surface area (TPSA) is 104 Å². The lowest BCUT2D eigenvalue weighted by Gasteiger charge is -2.31. The number of aromatic nitrogens is 4. The van der Waals surface area contributed by atoms with Crippen molar-refractivity contribution < 1.29 is 9.59 Å². The highest BCUT2D eigenvalue weighted by Crippen LogP contribution is 2.19. The van der Waals surface area contributed by atoms with Gasteiger partial charge >= 0.3 is 0 Å². The molecule has 0 bridgehead atoms. The number of hydrogen-bond acceptors (Lipinski definition) is 6. The summed E-state index contributed by atoms with van der Waals surface area (Å²) in [7, 11) is 0. The molecule has 3 rings (SSSR count). The third-order valence-corrected chi connectivity index (χ3v) is 4.98. The van der Waals surface area contributed by atoms with Gasteiger partial charge in [-0.05, 0) is 25.0 Å². The van der Waals surface area contributed by atoms with Crippen LogP contribution in [0, 0.1) is 5.92 Å². The molecule has 0 unspecified atom stereocenters. The highest BCUT2D eigenvalue weighted by molar-refractivity contribution is 7.99. The molecule has 0 radical (unpaired) electrons. The molecule has 0 saturated carbocycles. The standard InChI is InChI=1S/C16H20N6O2S/c23-15(18-7-10-25-14-11-19-21-20-14)12-4-8-22(9-5-12)16(24)13-3-1-2-6-17-13/h1-3,6,11-12H,4-5,7-10H2,(H,18,23)(H,19,20,21). The molecule has 1 aliphatic rings. The number of hydrogen-bond donors (Lipinski definition) is 2. The molecule has 3 heterocycles. The summed E-state index contributed by atoms with van der Waals surface area (Å²) < 4.78 is 0. The fourth-order valence-corrected chi connectivity index (χ4v) is 3.38. The van der Waals surface area contributed by atoms with E-state index in [0.717, 1.165) is 10.8 Å². The van der Waals surface area contributed by atoms with Crippen LogP contribution in [0.3, 0.4) is 0 Å². The summed E-state index contributed by atoms with van der Waals surface area (Å²) in [5.41, 5.74) is 0.454. The van der Waals surface area contributed by atoms with Gasteiger partial charge in [0.15, 0.2) is 0 Å². The number of H-pyrrole nitrogens is 1. The zero-order valence-electron chi connectivity index (χ0n) is 13.7. The summed E-state index contributed by atoms with van der Waals surface area (Å²) in [6.07, 6.45) is 4.63. The predicted molar refractivity (Wildman–Crippen MR) is 93.0 cm³/mol. The van der Waals surface area contributed by atoms with Crippen LogP contribution in [0.25, 0.3) is 0 Å². The molecule has 2 aromatic rings. The smallest absolute Gasteiger partial charge is 0.272 e. The van der Waals surface area contributed by atoms with E-state index in [2.05, 4.69) is 25.7 Å². The Balaban J connectivity index is 1.38. The van der Waals surface area contributed by atoms with Gasteiger partial charge in [0.25, 0.3) is 5.91 Å². The maximum atomic E-state index is 12.3. The maximum Gasteiger partial charge on any atom is 0.272 e. The summed E-state index contributed by atoms with van der Waals surface area (Å²) in [4.78, 5) is 30.4. The lowest BCUT2D eigenvalue weighted by molar-refractivity contribution is -0.126. The molecule has 8 nitrogen and oxygen atoms in total. The number of nitrogens with one attached hydrogen (secondary N) is 2. The van der Waals surface area contributed by atoms with Crippen molar-refractivity contribution in [1.29, 1.82) is 0 Å². The first-order valence-corrected chi connectivity index (χ1v) is 9.19. The second-order valence-electron chi connectivity index (χ2n) is 5.73. The number of amides is 2. The predicted octanol–water partition coefficient (Wildman–Crippen LogP) is 0.960. The van der Waals surface area contributed by atoms with Crippen LogP contribution in [0.2, 0.25) is 0 Å². The Labute approximate surface area is 149 Å². The van der Waals surface area contributed by atoms with Crippen molar-refractivity contribution in [3.8, 4) is 0 Å². The van der Waals surface area contributed by atoms with Crippen molar-refractivity contribution in [2.75, 3.05) is 25.4 Å². The van der Waals surface area contributed by atoms with Crippen molar-refractivity contribution in [1.82, 2.24) is 30.6 Å². The van der Waals surface area contributed by atoms with Gasteiger partial charge < -0.3 is 10.2 Å². The summed E-state index contributed by atoms with van der Waals surface area (Å²) in [6.45, 7) is 1.76. The molecule has 2 N–H and O–H groups in total. The van der Waals surface area contributed by atoms with Crippen molar-refractivity contribution in [3.05, 3.63) is 36.3 Å². The van der Waals surface area contributed by atoms with E-state index < -0.39 is 0 Å². The second kappa shape index (κ2) is 8.61. The molecule has 2 aromatic heterocycles. The fourth-order valence-electron chi connectivity index (χ4n) is 2.73. The number of nitrogens with zero attached hydrogens (tertiary/aromatic N) is 4. The van der Waals surface area contributed by atoms with Crippen LogP contribution in [0.1, 0.15) is 23.3 Å². The number of aromatic amines is 1. The molecule has 0 atom stereocenters. The van der Waals surface area contributed by atoms with E-state index in [0.29, 0.717) is 38.2 Å². The number of likely N-dealkylation sites (tertiary alicyclic amines) is 1. The summed E-state index contributed by atoms with van der Waals surface area (Å²) in [6, 6.07) is 5.30. The molecule has 1 saturated heterocycles. The van der Waals surface area contributed by atoms with E-state index in [4.69, 9.17) is 0 Å². The monoisotopic (exact) mass is 360 g/mol. The Morgan fingerprint density at radius 1 is 1.32 bits per heavy atom. The van der Waals surface area contributed by atoms with Gasteiger partial charge in [0.1, 0.15) is 10.7 Å². The summed E-state index contributed by atoms with van der Waals surface area (Å²) >= 11 is 1.54. The fraction of sp³-hybridized carbons (Fsp3) is 0.438. The third kappa shape index (κ3) is 4.79. The van der Waals surface area contributed by atoms with Crippen LogP contribution in [-0.2, 0) is 4.79 Å². The normalized spacial score (nSPS) is 15.1. The minimum Gasteiger partial charge on any atom is -0.355 e. The third-order valence-electron chi connectivity index (χ3n) is 4.08. The molecule has 1 aliphatic heterocycles. The number of thioether (sulfide) groups is 1. The van der Waals surface area contributed by atoms with Crippen LogP contribution in [-0.4, -0.2) is 62.5 Å². The second-order valence-corrected chi connectivity index (χ2v) is 6.84. The lowest BCUT2D eigenvalue weighted by Crippen LogP contribution is -2.43. The first-order chi connectivity index (χ1) is 12.2. The van der Waals surface area contributed by atoms with Crippen molar-refractivity contribution in [2.24, 2.45) is 5.92 Å². The molecular formula is C16H20N6O2S. The average molecular weight is 360 g/mol. The van der Waals surface area contributed by atoms with Gasteiger partial charge in [-0.25, -0.2) is 0 Å². The highest BCUT2D eigenvalue weighted by atomic mass is 32.2. The molecule has 0 aliphatic carbocycles. The number of rotatable bonds is 6. The molecule has 9 heteroatoms. The van der Waals surface area contributed by atoms with Gasteiger partial charge in [-0.2, -0.15) is 10.3 Å². The minimum atomic E-state index is -0.0662. The van der Waals surface area contributed by atoms with Gasteiger partial charge in [0.05, 0.1) is 6.20 Å². The van der Waals surface area contributed by atoms with Crippen LogP contribution in [0.15, 0.2) is 35.6 Å². The zero-order chi connectivity index (χ0) is 17.5. The first-order valence-electron chi connectivity index (χ1n) is 8.20. The molecule has 1 fully saturated rings. The largest absolute Gasteiger partial charge is 0.355 e. The Kier molecular flexibility index (Phi) is 5.99. The van der Waals surface area contributed by atoms with E-state index in [9.17, 15) is 9.59 Å². The van der Waals surface area contributed by atoms with Crippen LogP contribution in [0.4, 0.5) is 0 Å². The number of carbonyl (C=O) groups is 2. The molecule has 2 amide bonds. The molecule has 25 heavy (non-hydrogen) atoms. The lowest BCUT2D eigenvalue weighted by atomic mass is 9.95. The van der Waals surface area contributed by atoms with Gasteiger partial charge in [-0.15, -0.1) is 16.9 Å². The quantitative estimate of drug-likeness (QED) is 0.587. The van der Waals surface area contributed by atoms with Crippen molar-refractivity contribution >= 4 is 23.6 Å². The summed E-state index contributed by atoms with van der Waals surface area (Å²) in [5.74, 6) is 0.703. The van der Waals surface area contributed by atoms with Crippen molar-refractivity contribution in [3.63, 3.8) is 0 Å². The van der Waals surface area contributed by atoms with E-state index in [1.54, 1.807) is 35.5 Å². The van der Waals surface area contributed by atoms with Crippen LogP contribution >= 0.6 is 11.8 Å². The van der Waals surface area contributed by atoms with E-state index in [1.807, 2.05) is 0 Å². The first kappa shape index (κ1) is 17.4. The average Bonchev–Trinajstić information content (AvgIpc) is 3.19. The summed E-state index contributed by atoms with van der Waals surface area (Å²) in [5, 5.41) is 14.0. The number of piperidine rings is 1. The van der Waals surface area contributed by atoms with Gasteiger partial charge in [0, 0.05) is 37.5 Å². The van der Waals surface area contributed by atoms with Gasteiger partial charge in [-0.1, -0.05) is 6.07 Å². The van der Waals surface area contributed by atoms with E-state index >= 15 is 0 Å². The van der Waals surface area contributed by atoms with Gasteiger partial charge in [-0.3, -0.25) is 14.6 Å². The van der Waals surface area contributed by atoms with E-state index in [1.165, 1.54) is 11.8 Å². The Morgan fingerprint density at radius 2 is 2.16 bits per heavy atom. The number of carbonyl (C=O) groups excluding carboxylic acids is 2. The molecular weight excluding hydrogens is 340 g/mol.